The van der Waals surface area contributed by atoms with Crippen LogP contribution in [0.5, 0.6) is 5.75 Å². The van der Waals surface area contributed by atoms with Crippen LogP contribution in [0.25, 0.3) is 0 Å². The molecule has 0 aliphatic carbocycles. The van der Waals surface area contributed by atoms with Crippen molar-refractivity contribution >= 4 is 29.2 Å². The molecule has 0 spiro atoms. The van der Waals surface area contributed by atoms with Crippen LogP contribution in [0.2, 0.25) is 0 Å². The maximum absolute atomic E-state index is 12.3. The van der Waals surface area contributed by atoms with Gasteiger partial charge >= 0.3 is 17.9 Å². The average Bonchev–Trinajstić information content (AvgIpc) is 2.93. The largest absolute Gasteiger partial charge is 0.462 e. The van der Waals surface area contributed by atoms with Crippen molar-refractivity contribution in [2.24, 2.45) is 0 Å². The van der Waals surface area contributed by atoms with Gasteiger partial charge in [-0.05, 0) is 32.9 Å². The summed E-state index contributed by atoms with van der Waals surface area (Å²) >= 11 is 0.893. The molecule has 0 fully saturated rings. The first-order chi connectivity index (χ1) is 12.0. The molecule has 1 aromatic heterocycles. The van der Waals surface area contributed by atoms with Crippen molar-refractivity contribution in [2.75, 3.05) is 13.2 Å². The van der Waals surface area contributed by atoms with E-state index in [0.29, 0.717) is 11.1 Å². The van der Waals surface area contributed by atoms with Crippen LogP contribution < -0.4 is 4.74 Å². The van der Waals surface area contributed by atoms with Gasteiger partial charge < -0.3 is 14.2 Å². The SMILES string of the molecule is CCOC(=O)c1sc(C(=O)OCC)c(OC(=O)c2ccccc2)c1C. The van der Waals surface area contributed by atoms with E-state index in [1.165, 1.54) is 0 Å². The number of esters is 3. The normalized spacial score (nSPS) is 10.2. The lowest BCUT2D eigenvalue weighted by molar-refractivity contribution is 0.0517. The van der Waals surface area contributed by atoms with Gasteiger partial charge in [-0.2, -0.15) is 0 Å². The first kappa shape index (κ1) is 18.7. The molecule has 1 heterocycles. The van der Waals surface area contributed by atoms with Crippen LogP contribution in [-0.4, -0.2) is 31.1 Å². The first-order valence-corrected chi connectivity index (χ1v) is 8.56. The molecule has 1 aromatic carbocycles. The zero-order valence-corrected chi connectivity index (χ0v) is 15.0. The van der Waals surface area contributed by atoms with Crippen LogP contribution in [0.3, 0.4) is 0 Å². The van der Waals surface area contributed by atoms with Gasteiger partial charge in [0.2, 0.25) is 0 Å². The summed E-state index contributed by atoms with van der Waals surface area (Å²) < 4.78 is 15.4. The number of benzene rings is 1. The third kappa shape index (κ3) is 4.24. The molecule has 0 atom stereocenters. The molecule has 0 amide bonds. The monoisotopic (exact) mass is 362 g/mol. The minimum Gasteiger partial charge on any atom is -0.462 e. The van der Waals surface area contributed by atoms with Crippen LogP contribution in [0.15, 0.2) is 30.3 Å². The van der Waals surface area contributed by atoms with Gasteiger partial charge in [0.25, 0.3) is 0 Å². The van der Waals surface area contributed by atoms with E-state index in [1.807, 2.05) is 0 Å². The smallest absolute Gasteiger partial charge is 0.352 e. The molecule has 2 rings (SSSR count). The minimum atomic E-state index is -0.651. The standard InChI is InChI=1S/C18H18O6S/c1-4-22-17(20)14-11(3)13(15(25-14)18(21)23-5-2)24-16(19)12-9-7-6-8-10-12/h6-10H,4-5H2,1-3H3. The third-order valence-corrected chi connectivity index (χ3v) is 4.45. The first-order valence-electron chi connectivity index (χ1n) is 7.74. The van der Waals surface area contributed by atoms with Gasteiger partial charge in [-0.3, -0.25) is 0 Å². The predicted octanol–water partition coefficient (Wildman–Crippen LogP) is 3.63. The van der Waals surface area contributed by atoms with Gasteiger partial charge in [-0.25, -0.2) is 14.4 Å². The summed E-state index contributed by atoms with van der Waals surface area (Å²) in [6, 6.07) is 8.37. The zero-order chi connectivity index (χ0) is 18.4. The van der Waals surface area contributed by atoms with Gasteiger partial charge in [0, 0.05) is 5.56 Å². The summed E-state index contributed by atoms with van der Waals surface area (Å²) in [6.45, 7) is 5.31. The van der Waals surface area contributed by atoms with Gasteiger partial charge in [0.1, 0.15) is 4.88 Å². The summed E-state index contributed by atoms with van der Waals surface area (Å²) in [5.74, 6) is -1.82. The highest BCUT2D eigenvalue weighted by molar-refractivity contribution is 7.16. The Morgan fingerprint density at radius 1 is 0.880 bits per heavy atom. The Hall–Kier alpha value is -2.67. The van der Waals surface area contributed by atoms with Gasteiger partial charge in [0.05, 0.1) is 18.8 Å². The van der Waals surface area contributed by atoms with E-state index in [4.69, 9.17) is 14.2 Å². The summed E-state index contributed by atoms with van der Waals surface area (Å²) in [4.78, 5) is 36.8. The molecular weight excluding hydrogens is 344 g/mol. The maximum atomic E-state index is 12.3. The van der Waals surface area contributed by atoms with Crippen molar-refractivity contribution < 1.29 is 28.6 Å². The molecule has 0 N–H and O–H groups in total. The van der Waals surface area contributed by atoms with Crippen LogP contribution in [-0.2, 0) is 9.47 Å². The zero-order valence-electron chi connectivity index (χ0n) is 14.2. The Morgan fingerprint density at radius 2 is 1.44 bits per heavy atom. The van der Waals surface area contributed by atoms with E-state index in [-0.39, 0.29) is 28.7 Å². The molecule has 2 aromatic rings. The number of thiophene rings is 1. The van der Waals surface area contributed by atoms with Crippen molar-refractivity contribution in [3.05, 3.63) is 51.2 Å². The van der Waals surface area contributed by atoms with Gasteiger partial charge in [0.15, 0.2) is 10.6 Å². The average molecular weight is 362 g/mol. The summed E-state index contributed by atoms with van der Waals surface area (Å²) in [6.07, 6.45) is 0. The Bertz CT molecular complexity index is 778. The van der Waals surface area contributed by atoms with Crippen LogP contribution in [0.4, 0.5) is 0 Å². The fourth-order valence-corrected chi connectivity index (χ4v) is 3.09. The van der Waals surface area contributed by atoms with E-state index >= 15 is 0 Å². The van der Waals surface area contributed by atoms with Crippen molar-refractivity contribution in [2.45, 2.75) is 20.8 Å². The minimum absolute atomic E-state index is 0.0281. The topological polar surface area (TPSA) is 78.9 Å². The number of hydrogen-bond acceptors (Lipinski definition) is 7. The van der Waals surface area contributed by atoms with E-state index in [0.717, 1.165) is 11.3 Å². The molecule has 0 aliphatic heterocycles. The van der Waals surface area contributed by atoms with Crippen molar-refractivity contribution in [3.8, 4) is 5.75 Å². The van der Waals surface area contributed by atoms with Crippen molar-refractivity contribution in [1.29, 1.82) is 0 Å². The molecule has 0 unspecified atom stereocenters. The Morgan fingerprint density at radius 3 is 2.00 bits per heavy atom. The highest BCUT2D eigenvalue weighted by atomic mass is 32.1. The summed E-state index contributed by atoms with van der Waals surface area (Å²) in [5, 5.41) is 0. The lowest BCUT2D eigenvalue weighted by atomic mass is 10.2. The molecule has 0 radical (unpaired) electrons. The van der Waals surface area contributed by atoms with Crippen LogP contribution in [0.1, 0.15) is 49.1 Å². The second kappa shape index (κ2) is 8.43. The lowest BCUT2D eigenvalue weighted by Crippen LogP contribution is -2.12. The molecule has 25 heavy (non-hydrogen) atoms. The molecule has 6 nitrogen and oxygen atoms in total. The number of hydrogen-bond donors (Lipinski definition) is 0. The molecule has 132 valence electrons. The van der Waals surface area contributed by atoms with Gasteiger partial charge in [-0.1, -0.05) is 18.2 Å². The van der Waals surface area contributed by atoms with E-state index in [2.05, 4.69) is 0 Å². The van der Waals surface area contributed by atoms with E-state index < -0.39 is 17.9 Å². The van der Waals surface area contributed by atoms with Crippen LogP contribution in [0, 0.1) is 6.92 Å². The third-order valence-electron chi connectivity index (χ3n) is 3.22. The molecule has 7 heteroatoms. The Labute approximate surface area is 149 Å². The predicted molar refractivity (Wildman–Crippen MR) is 92.4 cm³/mol. The van der Waals surface area contributed by atoms with Gasteiger partial charge in [-0.15, -0.1) is 11.3 Å². The van der Waals surface area contributed by atoms with Crippen molar-refractivity contribution in [3.63, 3.8) is 0 Å². The molecule has 0 saturated heterocycles. The number of ether oxygens (including phenoxy) is 3. The Balaban J connectivity index is 2.41. The molecule has 0 aliphatic rings. The van der Waals surface area contributed by atoms with E-state index in [1.54, 1.807) is 51.1 Å². The second-order valence-corrected chi connectivity index (χ2v) is 5.93. The highest BCUT2D eigenvalue weighted by Gasteiger charge is 2.28. The molecule has 0 saturated carbocycles. The number of carbonyl (C=O) groups excluding carboxylic acids is 3. The molecule has 0 bridgehead atoms. The maximum Gasteiger partial charge on any atom is 0.352 e. The highest BCUT2D eigenvalue weighted by Crippen LogP contribution is 2.36. The number of carbonyl (C=O) groups is 3. The van der Waals surface area contributed by atoms with E-state index in [9.17, 15) is 14.4 Å². The van der Waals surface area contributed by atoms with Crippen molar-refractivity contribution in [1.82, 2.24) is 0 Å². The fourth-order valence-electron chi connectivity index (χ4n) is 2.07. The summed E-state index contributed by atoms with van der Waals surface area (Å²) in [7, 11) is 0. The lowest BCUT2D eigenvalue weighted by Gasteiger charge is -2.07. The molecular formula is C18H18O6S. The van der Waals surface area contributed by atoms with Crippen LogP contribution >= 0.6 is 11.3 Å². The number of rotatable bonds is 6. The summed E-state index contributed by atoms with van der Waals surface area (Å²) in [5.41, 5.74) is 0.705. The Kier molecular flexibility index (Phi) is 6.30. The second-order valence-electron chi connectivity index (χ2n) is 4.91. The quantitative estimate of drug-likeness (QED) is 0.730. The fraction of sp³-hybridized carbons (Fsp3) is 0.278.